The summed E-state index contributed by atoms with van der Waals surface area (Å²) in [5.41, 5.74) is 2.14. The molecule has 11 heavy (non-hydrogen) atoms. The van der Waals surface area contributed by atoms with Crippen LogP contribution in [0.2, 0.25) is 0 Å². The molecule has 0 saturated carbocycles. The second-order valence-corrected chi connectivity index (χ2v) is 2.43. The van der Waals surface area contributed by atoms with Gasteiger partial charge >= 0.3 is 0 Å². The Balaban J connectivity index is 2.46. The highest BCUT2D eigenvalue weighted by atomic mass is 14.8. The van der Waals surface area contributed by atoms with E-state index in [1.165, 1.54) is 0 Å². The highest BCUT2D eigenvalue weighted by Gasteiger charge is 2.02. The lowest BCUT2D eigenvalue weighted by Gasteiger charge is -1.95. The maximum absolute atomic E-state index is 4.20. The Morgan fingerprint density at radius 2 is 1.45 bits per heavy atom. The molecule has 0 spiro atoms. The van der Waals surface area contributed by atoms with Gasteiger partial charge in [0.1, 0.15) is 0 Å². The van der Waals surface area contributed by atoms with Gasteiger partial charge in [0, 0.05) is 30.2 Å². The third-order valence-corrected chi connectivity index (χ3v) is 1.60. The quantitative estimate of drug-likeness (QED) is 0.496. The van der Waals surface area contributed by atoms with Crippen molar-refractivity contribution in [2.75, 3.05) is 0 Å². The van der Waals surface area contributed by atoms with Crippen molar-refractivity contribution in [1.82, 2.24) is 0 Å². The van der Waals surface area contributed by atoms with Crippen LogP contribution in [0.15, 0.2) is 45.7 Å². The Kier molecular flexibility index (Phi) is 1.52. The summed E-state index contributed by atoms with van der Waals surface area (Å²) in [5.74, 6) is 0. The molecule has 2 nitrogen and oxygen atoms in total. The summed E-state index contributed by atoms with van der Waals surface area (Å²) in [6.45, 7) is 0. The Morgan fingerprint density at radius 1 is 0.909 bits per heavy atom. The molecular formula is C9H8N2. The fraction of sp³-hybridized carbons (Fsp3) is 0.111. The molecule has 0 aromatic heterocycles. The van der Waals surface area contributed by atoms with Crippen LogP contribution >= 0.6 is 0 Å². The van der Waals surface area contributed by atoms with E-state index in [9.17, 15) is 0 Å². The summed E-state index contributed by atoms with van der Waals surface area (Å²) in [6, 6.07) is 0. The minimum Gasteiger partial charge on any atom is -0.259 e. The first-order valence-corrected chi connectivity index (χ1v) is 3.58. The summed E-state index contributed by atoms with van der Waals surface area (Å²) in [4.78, 5) is 8.40. The standard InChI is InChI=1S/C9H8N2/c1-2-4-9-7-8(3-1)10-5-6-11-9/h1-6H,7H2. The van der Waals surface area contributed by atoms with Gasteiger partial charge in [-0.3, -0.25) is 9.98 Å². The van der Waals surface area contributed by atoms with Gasteiger partial charge in [-0.25, -0.2) is 0 Å². The lowest BCUT2D eigenvalue weighted by molar-refractivity contribution is 1.08. The van der Waals surface area contributed by atoms with Crippen LogP contribution in [-0.2, 0) is 0 Å². The smallest absolute Gasteiger partial charge is 0.0463 e. The van der Waals surface area contributed by atoms with Crippen molar-refractivity contribution in [3.05, 3.63) is 35.7 Å². The van der Waals surface area contributed by atoms with E-state index in [4.69, 9.17) is 0 Å². The minimum atomic E-state index is 0.847. The second-order valence-electron chi connectivity index (χ2n) is 2.43. The SMILES string of the molecule is C1=CC=C2CC(=C1)N=CC=N2. The van der Waals surface area contributed by atoms with Gasteiger partial charge in [0.15, 0.2) is 0 Å². The Morgan fingerprint density at radius 3 is 2.00 bits per heavy atom. The summed E-state index contributed by atoms with van der Waals surface area (Å²) < 4.78 is 0. The molecule has 0 aromatic carbocycles. The lowest BCUT2D eigenvalue weighted by atomic mass is 10.2. The van der Waals surface area contributed by atoms with Crippen LogP contribution < -0.4 is 0 Å². The van der Waals surface area contributed by atoms with Gasteiger partial charge in [0.2, 0.25) is 0 Å². The molecule has 0 N–H and O–H groups in total. The maximum atomic E-state index is 4.20. The molecule has 0 saturated heterocycles. The average Bonchev–Trinajstić information content (AvgIpc) is 2.36. The molecule has 0 amide bonds. The minimum absolute atomic E-state index is 0.847. The van der Waals surface area contributed by atoms with Crippen molar-refractivity contribution in [3.8, 4) is 0 Å². The highest BCUT2D eigenvalue weighted by Crippen LogP contribution is 2.17. The van der Waals surface area contributed by atoms with E-state index >= 15 is 0 Å². The van der Waals surface area contributed by atoms with Gasteiger partial charge in [-0.15, -0.1) is 0 Å². The van der Waals surface area contributed by atoms with E-state index in [0.29, 0.717) is 0 Å². The van der Waals surface area contributed by atoms with E-state index in [0.717, 1.165) is 17.8 Å². The molecule has 1 heterocycles. The van der Waals surface area contributed by atoms with E-state index in [1.54, 1.807) is 12.4 Å². The highest BCUT2D eigenvalue weighted by molar-refractivity contribution is 6.16. The van der Waals surface area contributed by atoms with Crippen LogP contribution in [-0.4, -0.2) is 12.4 Å². The fourth-order valence-electron chi connectivity index (χ4n) is 1.07. The van der Waals surface area contributed by atoms with E-state index in [-0.39, 0.29) is 0 Å². The number of allylic oxidation sites excluding steroid dienone is 4. The van der Waals surface area contributed by atoms with Crippen LogP contribution in [0, 0.1) is 0 Å². The molecule has 0 fully saturated rings. The zero-order valence-electron chi connectivity index (χ0n) is 6.07. The Hall–Kier alpha value is -1.44. The molecule has 0 aromatic rings. The number of nitrogens with zero attached hydrogens (tertiary/aromatic N) is 2. The molecule has 1 aliphatic carbocycles. The molecule has 2 heteroatoms. The largest absolute Gasteiger partial charge is 0.259 e. The zero-order chi connectivity index (χ0) is 7.52. The van der Waals surface area contributed by atoms with Gasteiger partial charge in [-0.2, -0.15) is 0 Å². The Bertz CT molecular complexity index is 274. The number of aliphatic imine (C=N–C) groups is 2. The van der Waals surface area contributed by atoms with Crippen molar-refractivity contribution in [1.29, 1.82) is 0 Å². The van der Waals surface area contributed by atoms with Gasteiger partial charge in [-0.05, 0) is 12.2 Å². The normalized spacial score (nSPS) is 20.4. The van der Waals surface area contributed by atoms with Crippen molar-refractivity contribution < 1.29 is 0 Å². The van der Waals surface area contributed by atoms with Gasteiger partial charge in [-0.1, -0.05) is 12.2 Å². The van der Waals surface area contributed by atoms with Crippen LogP contribution in [0.3, 0.4) is 0 Å². The third kappa shape index (κ3) is 1.34. The summed E-state index contributed by atoms with van der Waals surface area (Å²) in [7, 11) is 0. The monoisotopic (exact) mass is 144 g/mol. The summed E-state index contributed by atoms with van der Waals surface area (Å²) >= 11 is 0. The first-order chi connectivity index (χ1) is 5.45. The Labute approximate surface area is 65.4 Å². The predicted octanol–water partition coefficient (Wildman–Crippen LogP) is 1.87. The molecule has 2 rings (SSSR count). The summed E-state index contributed by atoms with van der Waals surface area (Å²) in [5, 5.41) is 0. The van der Waals surface area contributed by atoms with Crippen molar-refractivity contribution in [2.45, 2.75) is 6.42 Å². The van der Waals surface area contributed by atoms with Crippen LogP contribution in [0.4, 0.5) is 0 Å². The fourth-order valence-corrected chi connectivity index (χ4v) is 1.07. The van der Waals surface area contributed by atoms with Gasteiger partial charge in [0.25, 0.3) is 0 Å². The molecular weight excluding hydrogens is 136 g/mol. The average molecular weight is 144 g/mol. The van der Waals surface area contributed by atoms with Gasteiger partial charge < -0.3 is 0 Å². The third-order valence-electron chi connectivity index (χ3n) is 1.60. The maximum Gasteiger partial charge on any atom is 0.0463 e. The first-order valence-electron chi connectivity index (χ1n) is 3.58. The van der Waals surface area contributed by atoms with Crippen molar-refractivity contribution >= 4 is 12.4 Å². The topological polar surface area (TPSA) is 24.7 Å². The zero-order valence-corrected chi connectivity index (χ0v) is 6.07. The molecule has 0 radical (unpaired) electrons. The predicted molar refractivity (Wildman–Crippen MR) is 46.9 cm³/mol. The van der Waals surface area contributed by atoms with E-state index in [2.05, 4.69) is 9.98 Å². The molecule has 2 aliphatic rings. The number of fused-ring (bicyclic) bond motifs is 2. The van der Waals surface area contributed by atoms with Crippen LogP contribution in [0.25, 0.3) is 0 Å². The van der Waals surface area contributed by atoms with E-state index in [1.807, 2.05) is 24.3 Å². The molecule has 54 valence electrons. The molecule has 1 aliphatic heterocycles. The molecule has 0 unspecified atom stereocenters. The second kappa shape index (κ2) is 2.66. The number of rotatable bonds is 0. The number of hydrogen-bond donors (Lipinski definition) is 0. The first kappa shape index (κ1) is 6.28. The van der Waals surface area contributed by atoms with Crippen molar-refractivity contribution in [2.24, 2.45) is 9.98 Å². The summed E-state index contributed by atoms with van der Waals surface area (Å²) in [6.07, 6.45) is 12.3. The van der Waals surface area contributed by atoms with Gasteiger partial charge in [0.05, 0.1) is 0 Å². The van der Waals surface area contributed by atoms with E-state index < -0.39 is 0 Å². The van der Waals surface area contributed by atoms with Crippen LogP contribution in [0.5, 0.6) is 0 Å². The molecule has 2 bridgehead atoms. The molecule has 0 atom stereocenters. The van der Waals surface area contributed by atoms with Crippen molar-refractivity contribution in [3.63, 3.8) is 0 Å². The lowest BCUT2D eigenvalue weighted by Crippen LogP contribution is -1.78. The van der Waals surface area contributed by atoms with Crippen LogP contribution in [0.1, 0.15) is 6.42 Å². The number of hydrogen-bond acceptors (Lipinski definition) is 2.